The van der Waals surface area contributed by atoms with Crippen molar-refractivity contribution in [2.75, 3.05) is 46.2 Å². The van der Waals surface area contributed by atoms with Crippen molar-refractivity contribution < 1.29 is 198 Å². The summed E-state index contributed by atoms with van der Waals surface area (Å²) in [5.74, 6) is -1.22. The lowest BCUT2D eigenvalue weighted by atomic mass is 9.33. The van der Waals surface area contributed by atoms with Crippen LogP contribution in [0.25, 0.3) is 0 Å². The minimum Gasteiger partial charge on any atom is -0.432 e. The van der Waals surface area contributed by atoms with Gasteiger partial charge in [-0.3, -0.25) is 4.79 Å². The van der Waals surface area contributed by atoms with Gasteiger partial charge in [-0.2, -0.15) is 0 Å². The second-order valence-corrected chi connectivity index (χ2v) is 36.5. The molecule has 0 aromatic heterocycles. The first kappa shape index (κ1) is 91.4. The van der Waals surface area contributed by atoms with Crippen LogP contribution in [0.3, 0.4) is 0 Å². The van der Waals surface area contributed by atoms with Gasteiger partial charge in [0.05, 0.1) is 70.0 Å². The molecule has 13 aliphatic rings. The van der Waals surface area contributed by atoms with E-state index in [-0.39, 0.29) is 29.8 Å². The zero-order chi connectivity index (χ0) is 84.4. The van der Waals surface area contributed by atoms with E-state index < -0.39 is 312 Å². The normalized spacial score (nSPS) is 55.1. The first-order valence-electron chi connectivity index (χ1n) is 40.6. The van der Waals surface area contributed by atoms with E-state index in [9.17, 15) is 117 Å². The molecule has 4 saturated carbocycles. The van der Waals surface area contributed by atoms with Crippen LogP contribution in [-0.4, -0.2) is 409 Å². The van der Waals surface area contributed by atoms with Crippen molar-refractivity contribution in [3.63, 3.8) is 0 Å². The van der Waals surface area contributed by atoms with Crippen LogP contribution in [-0.2, 0) is 80.6 Å². The topological polar surface area (TPSA) is 630 Å². The van der Waals surface area contributed by atoms with Crippen molar-refractivity contribution in [3.8, 4) is 0 Å². The third-order valence-corrected chi connectivity index (χ3v) is 29.1. The lowest BCUT2D eigenvalue weighted by Gasteiger charge is -2.71. The Kier molecular flexibility index (Phi) is 27.8. The molecule has 0 aromatic carbocycles. The summed E-state index contributed by atoms with van der Waals surface area (Å²) in [5.41, 5.74) is -2.62. The maximum atomic E-state index is 15.3. The van der Waals surface area contributed by atoms with Gasteiger partial charge >= 0.3 is 5.97 Å². The van der Waals surface area contributed by atoms with Crippen molar-refractivity contribution in [2.45, 2.75) is 359 Å². The van der Waals surface area contributed by atoms with Gasteiger partial charge in [0, 0.05) is 5.41 Å². The third-order valence-electron chi connectivity index (χ3n) is 29.1. The number of carbonyl (C=O) groups is 1. The van der Waals surface area contributed by atoms with E-state index in [0.29, 0.717) is 64.2 Å². The van der Waals surface area contributed by atoms with E-state index in [0.717, 1.165) is 5.57 Å². The van der Waals surface area contributed by atoms with E-state index in [1.807, 2.05) is 6.92 Å². The summed E-state index contributed by atoms with van der Waals surface area (Å²) in [6.07, 6.45) is -61.5. The molecule has 116 heavy (non-hydrogen) atoms. The molecule has 0 radical (unpaired) electrons. The number of ether oxygens (including phenoxy) is 16. The first-order chi connectivity index (χ1) is 54.6. The Hall–Kier alpha value is -2.31. The number of carbonyl (C=O) groups excluding carboxylic acids is 1. The van der Waals surface area contributed by atoms with Crippen molar-refractivity contribution in [1.82, 2.24) is 0 Å². The average Bonchev–Trinajstić information content (AvgIpc) is 0.673. The van der Waals surface area contributed by atoms with Crippen LogP contribution >= 0.6 is 0 Å². The van der Waals surface area contributed by atoms with Crippen LogP contribution in [0.15, 0.2) is 11.6 Å². The standard InChI is InChI=1S/C76H124O40/c1-27-40(83)46(89)52(95)64(104-27)114-60-56(99)68(108-35(22-79)58(60)112-65-54(97)49(92)57(34(21-78)107-65)111-63-50(93)42(85)31(81)23-101-63)113-59-41(84)28(2)105-67(55(59)98)115-61-43(86)32(82)24-102-69(61)110-39-12-13-72(5)37(73(39,6)26-80)11-14-75(8)38(72)10-9-29-30-19-71(3,4)15-17-76(30,18-16-74(29,75)7)70(100)116-66-53(96)48(91)45(88)36(109-66)25-103-62-51(94)47(90)44(87)33(20-77)106-62/h9,27-28,30-69,77-99H,10-26H2,1-8H3. The van der Waals surface area contributed by atoms with Gasteiger partial charge in [0.25, 0.3) is 0 Å². The van der Waals surface area contributed by atoms with Gasteiger partial charge in [0.1, 0.15) is 171 Å². The maximum absolute atomic E-state index is 15.3. The molecule has 8 saturated heterocycles. The molecule has 5 aliphatic carbocycles. The molecule has 0 amide bonds. The van der Waals surface area contributed by atoms with Crippen LogP contribution in [0.5, 0.6) is 0 Å². The highest BCUT2D eigenvalue weighted by Gasteiger charge is 2.71. The number of aliphatic hydroxyl groups excluding tert-OH is 23. The van der Waals surface area contributed by atoms with E-state index in [1.165, 1.54) is 13.8 Å². The fourth-order valence-corrected chi connectivity index (χ4v) is 21.7. The summed E-state index contributed by atoms with van der Waals surface area (Å²) in [5, 5.41) is 254. The summed E-state index contributed by atoms with van der Waals surface area (Å²) in [7, 11) is 0. The quantitative estimate of drug-likeness (QED) is 0.0288. The largest absolute Gasteiger partial charge is 0.432 e. The van der Waals surface area contributed by atoms with Gasteiger partial charge in [0.2, 0.25) is 6.29 Å². The maximum Gasteiger partial charge on any atom is 0.315 e. The Labute approximate surface area is 669 Å². The van der Waals surface area contributed by atoms with Crippen molar-refractivity contribution in [1.29, 1.82) is 0 Å². The SMILES string of the molecule is CC1OC(OC2C(O)C(OC3C(O)C(C)OC(OC4C(OC5CCC6(C)C(CCC7(C)C6CC=C6C8CC(C)(C)CCC8(C(=O)OC8OC(COC9OC(CO)C(O)C(O)C9O)C(O)C(O)C8O)CCC67C)C5(C)CO)OCC(O)C4O)C3O)OC(CO)C2OC2OC(CO)C(OC3OCC(O)C(O)C3O)C(O)C2O)C(O)C(O)C1O. The summed E-state index contributed by atoms with van der Waals surface area (Å²) in [4.78, 5) is 15.3. The fourth-order valence-electron chi connectivity index (χ4n) is 21.7. The van der Waals surface area contributed by atoms with Gasteiger partial charge in [0.15, 0.2) is 44.0 Å². The first-order valence-corrected chi connectivity index (χ1v) is 40.6. The van der Waals surface area contributed by atoms with E-state index in [4.69, 9.17) is 75.8 Å². The number of allylic oxidation sites excluding steroid dienone is 2. The number of esters is 1. The fraction of sp³-hybridized carbons (Fsp3) is 0.961. The van der Waals surface area contributed by atoms with Gasteiger partial charge < -0.3 is 193 Å². The molecule has 0 bridgehead atoms. The summed E-state index contributed by atoms with van der Waals surface area (Å²) in [6, 6.07) is 0. The molecule has 0 spiro atoms. The number of hydrogen-bond donors (Lipinski definition) is 23. The van der Waals surface area contributed by atoms with Crippen molar-refractivity contribution in [3.05, 3.63) is 11.6 Å². The van der Waals surface area contributed by atoms with Gasteiger partial charge in [-0.25, -0.2) is 0 Å². The average molecular weight is 1680 g/mol. The monoisotopic (exact) mass is 1680 g/mol. The number of rotatable bonds is 21. The highest BCUT2D eigenvalue weighted by atomic mass is 16.8. The molecule has 47 unspecified atom stereocenters. The Morgan fingerprint density at radius 1 is 0.414 bits per heavy atom. The predicted octanol–water partition coefficient (Wildman–Crippen LogP) is -8.43. The van der Waals surface area contributed by atoms with E-state index >= 15 is 4.79 Å². The Morgan fingerprint density at radius 3 is 1.56 bits per heavy atom. The van der Waals surface area contributed by atoms with Gasteiger partial charge in [-0.1, -0.05) is 53.2 Å². The minimum absolute atomic E-state index is 0.00362. The van der Waals surface area contributed by atoms with Crippen LogP contribution in [0.2, 0.25) is 0 Å². The zero-order valence-electron chi connectivity index (χ0n) is 66.1. The molecule has 13 rings (SSSR count). The highest BCUT2D eigenvalue weighted by molar-refractivity contribution is 5.79. The van der Waals surface area contributed by atoms with Crippen molar-refractivity contribution in [2.24, 2.45) is 50.2 Å². The number of fused-ring (bicyclic) bond motifs is 7. The molecule has 12 fully saturated rings. The molecule has 8 heterocycles. The summed E-state index contributed by atoms with van der Waals surface area (Å²) in [6.45, 7) is 11.0. The predicted molar refractivity (Wildman–Crippen MR) is 380 cm³/mol. The van der Waals surface area contributed by atoms with E-state index in [2.05, 4.69) is 40.7 Å². The molecule has 0 aromatic rings. The molecular formula is C76H124O40. The second-order valence-electron chi connectivity index (χ2n) is 36.5. The lowest BCUT2D eigenvalue weighted by Crippen LogP contribution is -2.69. The number of hydrogen-bond acceptors (Lipinski definition) is 40. The molecular weight excluding hydrogens is 1550 g/mol. The molecule has 40 nitrogen and oxygen atoms in total. The minimum atomic E-state index is -2.25. The van der Waals surface area contributed by atoms with Crippen LogP contribution < -0.4 is 0 Å². The van der Waals surface area contributed by atoms with Gasteiger partial charge in [-0.15, -0.1) is 0 Å². The Bertz CT molecular complexity index is 3310. The lowest BCUT2D eigenvalue weighted by molar-refractivity contribution is -0.406. The highest BCUT2D eigenvalue weighted by Crippen LogP contribution is 2.76. The third kappa shape index (κ3) is 16.2. The van der Waals surface area contributed by atoms with Crippen LogP contribution in [0.1, 0.15) is 120 Å². The second kappa shape index (κ2) is 35.3. The Morgan fingerprint density at radius 2 is 0.905 bits per heavy atom. The summed E-state index contributed by atoms with van der Waals surface area (Å²) >= 11 is 0. The summed E-state index contributed by atoms with van der Waals surface area (Å²) < 4.78 is 95.9. The van der Waals surface area contributed by atoms with Crippen LogP contribution in [0.4, 0.5) is 0 Å². The van der Waals surface area contributed by atoms with E-state index in [1.54, 1.807) is 0 Å². The molecule has 47 atom stereocenters. The zero-order valence-corrected chi connectivity index (χ0v) is 66.1. The van der Waals surface area contributed by atoms with Crippen LogP contribution in [0, 0.1) is 50.2 Å². The molecule has 23 N–H and O–H groups in total. The molecule has 668 valence electrons. The Balaban J connectivity index is 0.696. The smallest absolute Gasteiger partial charge is 0.315 e. The molecule has 40 heteroatoms. The molecule has 8 aliphatic heterocycles. The van der Waals surface area contributed by atoms with Crippen molar-refractivity contribution >= 4 is 5.97 Å². The van der Waals surface area contributed by atoms with Gasteiger partial charge in [-0.05, 0) is 117 Å². The number of aliphatic hydroxyl groups is 23.